The number of thiophene rings is 1. The first-order valence-corrected chi connectivity index (χ1v) is 7.87. The minimum atomic E-state index is -0.690. The number of aliphatic imine (C=N–C) groups is 1. The van der Waals surface area contributed by atoms with E-state index in [9.17, 15) is 5.11 Å². The molecule has 2 rings (SSSR count). The van der Waals surface area contributed by atoms with Gasteiger partial charge < -0.3 is 16.2 Å². The summed E-state index contributed by atoms with van der Waals surface area (Å²) >= 11 is 7.18. The Bertz CT molecular complexity index is 627. The van der Waals surface area contributed by atoms with Gasteiger partial charge in [0, 0.05) is 10.6 Å². The number of rotatable bonds is 5. The number of hydrogen-bond donors (Lipinski definition) is 3. The fraction of sp³-hybridized carbons (Fsp3) is 0.267. The quantitative estimate of drug-likeness (QED) is 0.583. The van der Waals surface area contributed by atoms with E-state index in [1.165, 1.54) is 16.9 Å². The van der Waals surface area contributed by atoms with E-state index in [2.05, 4.69) is 23.3 Å². The van der Waals surface area contributed by atoms with Crippen LogP contribution in [0.15, 0.2) is 41.4 Å². The molecule has 21 heavy (non-hydrogen) atoms. The lowest BCUT2D eigenvalue weighted by Crippen LogP contribution is -2.23. The Balaban J connectivity index is 1.94. The highest BCUT2D eigenvalue weighted by atomic mass is 35.5. The molecule has 4 nitrogen and oxygen atoms in total. The fourth-order valence-electron chi connectivity index (χ4n) is 1.84. The summed E-state index contributed by atoms with van der Waals surface area (Å²) in [5.41, 5.74) is 7.95. The van der Waals surface area contributed by atoms with E-state index in [4.69, 9.17) is 17.3 Å². The van der Waals surface area contributed by atoms with Gasteiger partial charge in [0.15, 0.2) is 5.96 Å². The molecule has 1 unspecified atom stereocenters. The number of halogens is 1. The van der Waals surface area contributed by atoms with Gasteiger partial charge in [0.1, 0.15) is 6.10 Å². The standard InChI is InChI=1S/C15H18ClN3OS/c1-2-10-4-3-5-11(8-10)19-15(17)18-9-12(20)13-6-7-14(16)21-13/h3-8,12,20H,2,9H2,1H3,(H3,17,18,19). The average Bonchev–Trinajstić information content (AvgIpc) is 2.91. The monoisotopic (exact) mass is 323 g/mol. The topological polar surface area (TPSA) is 70.6 Å². The van der Waals surface area contributed by atoms with Crippen LogP contribution in [0.3, 0.4) is 0 Å². The fourth-order valence-corrected chi connectivity index (χ4v) is 2.88. The van der Waals surface area contributed by atoms with Crippen LogP contribution in [-0.4, -0.2) is 17.6 Å². The largest absolute Gasteiger partial charge is 0.386 e. The lowest BCUT2D eigenvalue weighted by Gasteiger charge is -2.09. The van der Waals surface area contributed by atoms with Crippen molar-refractivity contribution in [2.45, 2.75) is 19.4 Å². The van der Waals surface area contributed by atoms with Crippen molar-refractivity contribution in [2.24, 2.45) is 10.7 Å². The Morgan fingerprint density at radius 1 is 1.43 bits per heavy atom. The van der Waals surface area contributed by atoms with Crippen LogP contribution in [0.5, 0.6) is 0 Å². The SMILES string of the molecule is CCc1cccc(NC(N)=NCC(O)c2ccc(Cl)s2)c1. The molecule has 0 radical (unpaired) electrons. The third-order valence-corrected chi connectivity index (χ3v) is 4.30. The van der Waals surface area contributed by atoms with E-state index in [1.54, 1.807) is 12.1 Å². The molecule has 0 aliphatic carbocycles. The number of guanidine groups is 1. The normalized spacial score (nSPS) is 13.2. The molecular weight excluding hydrogens is 306 g/mol. The molecule has 1 heterocycles. The van der Waals surface area contributed by atoms with Gasteiger partial charge in [-0.15, -0.1) is 11.3 Å². The van der Waals surface area contributed by atoms with Crippen molar-refractivity contribution in [3.05, 3.63) is 51.2 Å². The number of anilines is 1. The predicted molar refractivity (Wildman–Crippen MR) is 90.2 cm³/mol. The second-order valence-corrected chi connectivity index (χ2v) is 6.31. The summed E-state index contributed by atoms with van der Waals surface area (Å²) in [5, 5.41) is 13.0. The van der Waals surface area contributed by atoms with Crippen LogP contribution < -0.4 is 11.1 Å². The van der Waals surface area contributed by atoms with Crippen molar-refractivity contribution in [2.75, 3.05) is 11.9 Å². The maximum atomic E-state index is 9.99. The highest BCUT2D eigenvalue weighted by molar-refractivity contribution is 7.16. The summed E-state index contributed by atoms with van der Waals surface area (Å²) < 4.78 is 0.649. The van der Waals surface area contributed by atoms with Crippen molar-refractivity contribution in [3.63, 3.8) is 0 Å². The van der Waals surface area contributed by atoms with Gasteiger partial charge in [0.25, 0.3) is 0 Å². The zero-order valence-corrected chi connectivity index (χ0v) is 13.3. The summed E-state index contributed by atoms with van der Waals surface area (Å²) in [4.78, 5) is 4.94. The minimum Gasteiger partial charge on any atom is -0.386 e. The third kappa shape index (κ3) is 4.74. The highest BCUT2D eigenvalue weighted by Crippen LogP contribution is 2.26. The van der Waals surface area contributed by atoms with Crippen molar-refractivity contribution >= 4 is 34.6 Å². The second kappa shape index (κ2) is 7.45. The molecule has 1 atom stereocenters. The molecule has 0 aliphatic heterocycles. The summed E-state index contributed by atoms with van der Waals surface area (Å²) in [6, 6.07) is 11.5. The van der Waals surface area contributed by atoms with Gasteiger partial charge in [-0.05, 0) is 36.2 Å². The second-order valence-electron chi connectivity index (χ2n) is 4.56. The van der Waals surface area contributed by atoms with Crippen LogP contribution in [0, 0.1) is 0 Å². The van der Waals surface area contributed by atoms with E-state index in [-0.39, 0.29) is 12.5 Å². The lowest BCUT2D eigenvalue weighted by atomic mass is 10.1. The molecule has 1 aromatic carbocycles. The Kier molecular flexibility index (Phi) is 5.61. The summed E-state index contributed by atoms with van der Waals surface area (Å²) in [6.07, 6.45) is 0.273. The van der Waals surface area contributed by atoms with Crippen LogP contribution in [0.25, 0.3) is 0 Å². The van der Waals surface area contributed by atoms with Gasteiger partial charge in [-0.1, -0.05) is 30.7 Å². The summed E-state index contributed by atoms with van der Waals surface area (Å²) in [5.74, 6) is 0.282. The van der Waals surface area contributed by atoms with Crippen molar-refractivity contribution in [1.29, 1.82) is 0 Å². The van der Waals surface area contributed by atoms with Gasteiger partial charge in [-0.25, -0.2) is 0 Å². The van der Waals surface area contributed by atoms with Crippen molar-refractivity contribution in [1.82, 2.24) is 0 Å². The Morgan fingerprint density at radius 3 is 2.90 bits per heavy atom. The summed E-state index contributed by atoms with van der Waals surface area (Å²) in [6.45, 7) is 2.29. The number of benzene rings is 1. The predicted octanol–water partition coefficient (Wildman–Crippen LogP) is 3.42. The first-order valence-electron chi connectivity index (χ1n) is 6.67. The molecule has 0 aliphatic rings. The minimum absolute atomic E-state index is 0.198. The molecule has 112 valence electrons. The Hall–Kier alpha value is -1.56. The van der Waals surface area contributed by atoms with Crippen molar-refractivity contribution < 1.29 is 5.11 Å². The lowest BCUT2D eigenvalue weighted by molar-refractivity contribution is 0.191. The van der Waals surface area contributed by atoms with Gasteiger partial charge in [0.05, 0.1) is 10.9 Å². The van der Waals surface area contributed by atoms with E-state index in [0.29, 0.717) is 4.34 Å². The van der Waals surface area contributed by atoms with E-state index < -0.39 is 6.10 Å². The van der Waals surface area contributed by atoms with E-state index in [0.717, 1.165) is 17.0 Å². The van der Waals surface area contributed by atoms with Crippen LogP contribution >= 0.6 is 22.9 Å². The molecule has 0 fully saturated rings. The molecule has 2 aromatic rings. The Labute approximate surface area is 133 Å². The van der Waals surface area contributed by atoms with Gasteiger partial charge in [-0.3, -0.25) is 4.99 Å². The van der Waals surface area contributed by atoms with Crippen molar-refractivity contribution in [3.8, 4) is 0 Å². The molecule has 6 heteroatoms. The zero-order valence-electron chi connectivity index (χ0n) is 11.7. The van der Waals surface area contributed by atoms with Crippen LogP contribution in [-0.2, 0) is 6.42 Å². The van der Waals surface area contributed by atoms with Gasteiger partial charge in [-0.2, -0.15) is 0 Å². The molecule has 0 saturated heterocycles. The number of aliphatic hydroxyl groups is 1. The first kappa shape index (κ1) is 15.8. The maximum absolute atomic E-state index is 9.99. The number of nitrogens with two attached hydrogens (primary N) is 1. The number of nitrogens with one attached hydrogen (secondary N) is 1. The number of aryl methyl sites for hydroxylation is 1. The molecule has 4 N–H and O–H groups in total. The van der Waals surface area contributed by atoms with E-state index in [1.807, 2.05) is 18.2 Å². The third-order valence-electron chi connectivity index (χ3n) is 2.96. The molecule has 1 aromatic heterocycles. The number of hydrogen-bond acceptors (Lipinski definition) is 3. The Morgan fingerprint density at radius 2 is 2.24 bits per heavy atom. The van der Waals surface area contributed by atoms with Crippen LogP contribution in [0.4, 0.5) is 5.69 Å². The molecule has 0 bridgehead atoms. The highest BCUT2D eigenvalue weighted by Gasteiger charge is 2.09. The number of aliphatic hydroxyl groups excluding tert-OH is 1. The molecule has 0 spiro atoms. The van der Waals surface area contributed by atoms with Crippen LogP contribution in [0.2, 0.25) is 4.34 Å². The van der Waals surface area contributed by atoms with E-state index >= 15 is 0 Å². The smallest absolute Gasteiger partial charge is 0.193 e. The average molecular weight is 324 g/mol. The van der Waals surface area contributed by atoms with Crippen LogP contribution in [0.1, 0.15) is 23.5 Å². The molecular formula is C15H18ClN3OS. The first-order chi connectivity index (χ1) is 10.1. The summed E-state index contributed by atoms with van der Waals surface area (Å²) in [7, 11) is 0. The zero-order chi connectivity index (χ0) is 15.2. The molecule has 0 saturated carbocycles. The maximum Gasteiger partial charge on any atom is 0.193 e. The van der Waals surface area contributed by atoms with Gasteiger partial charge >= 0.3 is 0 Å². The van der Waals surface area contributed by atoms with Gasteiger partial charge in [0.2, 0.25) is 0 Å². The number of nitrogens with zero attached hydrogens (tertiary/aromatic N) is 1. The molecule has 0 amide bonds.